The molecule has 0 spiro atoms. The molecular weight excluding hydrogens is 365 g/mol. The van der Waals surface area contributed by atoms with Gasteiger partial charge in [0.15, 0.2) is 0 Å². The second-order valence-electron chi connectivity index (χ2n) is 4.13. The number of rotatable bonds is 6. The van der Waals surface area contributed by atoms with Crippen LogP contribution in [0.5, 0.6) is 5.75 Å². The van der Waals surface area contributed by atoms with Crippen LogP contribution in [0.3, 0.4) is 0 Å². The molecule has 1 heterocycles. The van der Waals surface area contributed by atoms with Gasteiger partial charge in [0.25, 0.3) is 0 Å². The lowest BCUT2D eigenvalue weighted by molar-refractivity contribution is 0.268. The molecule has 0 saturated carbocycles. The second-order valence-corrected chi connectivity index (χ2v) is 5.80. The lowest BCUT2D eigenvalue weighted by atomic mass is 10.2. The van der Waals surface area contributed by atoms with Crippen molar-refractivity contribution in [3.05, 3.63) is 50.3 Å². The van der Waals surface area contributed by atoms with Crippen molar-refractivity contribution >= 4 is 39.1 Å². The minimum atomic E-state index is 0.311. The van der Waals surface area contributed by atoms with E-state index in [2.05, 4.69) is 28.2 Å². The van der Waals surface area contributed by atoms with Crippen LogP contribution in [0.25, 0.3) is 0 Å². The van der Waals surface area contributed by atoms with Gasteiger partial charge in [-0.2, -0.15) is 0 Å². The summed E-state index contributed by atoms with van der Waals surface area (Å²) in [5, 5.41) is 4.30. The first-order valence-corrected chi connectivity index (χ1v) is 7.70. The minimum absolute atomic E-state index is 0.311. The molecule has 0 amide bonds. The topological polar surface area (TPSA) is 34.4 Å². The quantitative estimate of drug-likeness (QED) is 0.715. The molecule has 0 aliphatic rings. The smallest absolute Gasteiger partial charge is 0.146 e. The van der Waals surface area contributed by atoms with Gasteiger partial charge in [0.05, 0.1) is 16.3 Å². The minimum Gasteiger partial charge on any atom is -0.484 e. The molecule has 0 saturated heterocycles. The molecule has 0 bridgehead atoms. The molecule has 0 aliphatic carbocycles. The van der Waals surface area contributed by atoms with E-state index in [4.69, 9.17) is 32.4 Å². The van der Waals surface area contributed by atoms with Crippen LogP contribution in [0.2, 0.25) is 10.0 Å². The van der Waals surface area contributed by atoms with E-state index in [1.807, 2.05) is 6.07 Å². The molecule has 108 valence electrons. The molecule has 2 rings (SSSR count). The lowest BCUT2D eigenvalue weighted by Gasteiger charge is -2.09. The van der Waals surface area contributed by atoms with Crippen LogP contribution >= 0.6 is 39.1 Å². The first-order chi connectivity index (χ1) is 9.61. The molecule has 20 heavy (non-hydrogen) atoms. The monoisotopic (exact) mass is 377 g/mol. The highest BCUT2D eigenvalue weighted by atomic mass is 79.9. The van der Waals surface area contributed by atoms with E-state index in [9.17, 15) is 0 Å². The Balaban J connectivity index is 2.05. The van der Waals surface area contributed by atoms with Crippen molar-refractivity contribution in [3.8, 4) is 5.75 Å². The van der Waals surface area contributed by atoms with Crippen molar-refractivity contribution < 1.29 is 9.15 Å². The Hall–Kier alpha value is -0.680. The Morgan fingerprint density at radius 3 is 2.85 bits per heavy atom. The summed E-state index contributed by atoms with van der Waals surface area (Å²) in [4.78, 5) is 0. The van der Waals surface area contributed by atoms with E-state index < -0.39 is 0 Å². The average molecular weight is 379 g/mol. The van der Waals surface area contributed by atoms with E-state index in [0.29, 0.717) is 22.4 Å². The number of hydrogen-bond donors (Lipinski definition) is 1. The maximum atomic E-state index is 6.11. The third-order valence-corrected chi connectivity index (χ3v) is 4.23. The maximum Gasteiger partial charge on any atom is 0.146 e. The summed E-state index contributed by atoms with van der Waals surface area (Å²) in [6.45, 7) is 4.02. The predicted octanol–water partition coefficient (Wildman–Crippen LogP) is 5.04. The van der Waals surface area contributed by atoms with E-state index >= 15 is 0 Å². The van der Waals surface area contributed by atoms with Crippen molar-refractivity contribution in [2.45, 2.75) is 20.1 Å². The van der Waals surface area contributed by atoms with E-state index in [1.54, 1.807) is 18.4 Å². The van der Waals surface area contributed by atoms with Crippen LogP contribution in [0.15, 0.2) is 33.4 Å². The van der Waals surface area contributed by atoms with Gasteiger partial charge >= 0.3 is 0 Å². The van der Waals surface area contributed by atoms with Gasteiger partial charge in [-0.25, -0.2) is 0 Å². The number of nitrogens with one attached hydrogen (secondary N) is 1. The highest BCUT2D eigenvalue weighted by Gasteiger charge is 2.10. The van der Waals surface area contributed by atoms with Gasteiger partial charge in [-0.1, -0.05) is 30.1 Å². The largest absolute Gasteiger partial charge is 0.484 e. The van der Waals surface area contributed by atoms with Crippen molar-refractivity contribution in [1.29, 1.82) is 0 Å². The predicted molar refractivity (Wildman–Crippen MR) is 84.6 cm³/mol. The molecule has 6 heteroatoms. The van der Waals surface area contributed by atoms with Crippen molar-refractivity contribution in [3.63, 3.8) is 0 Å². The van der Waals surface area contributed by atoms with Crippen LogP contribution < -0.4 is 10.1 Å². The van der Waals surface area contributed by atoms with Crippen molar-refractivity contribution in [2.24, 2.45) is 0 Å². The molecule has 0 atom stereocenters. The van der Waals surface area contributed by atoms with E-state index in [1.165, 1.54) is 0 Å². The molecule has 1 aromatic heterocycles. The number of furan rings is 1. The Bertz CT molecular complexity index is 587. The molecule has 3 nitrogen and oxygen atoms in total. The highest BCUT2D eigenvalue weighted by molar-refractivity contribution is 9.10. The fourth-order valence-electron chi connectivity index (χ4n) is 1.67. The Morgan fingerprint density at radius 2 is 2.10 bits per heavy atom. The number of halogens is 3. The zero-order valence-electron chi connectivity index (χ0n) is 10.9. The molecule has 0 aliphatic heterocycles. The number of benzene rings is 1. The fraction of sp³-hybridized carbons (Fsp3) is 0.286. The zero-order valence-corrected chi connectivity index (χ0v) is 14.0. The summed E-state index contributed by atoms with van der Waals surface area (Å²) in [5.74, 6) is 1.31. The molecule has 0 unspecified atom stereocenters. The van der Waals surface area contributed by atoms with Crippen molar-refractivity contribution in [1.82, 2.24) is 5.32 Å². The number of hydrogen-bond acceptors (Lipinski definition) is 3. The van der Waals surface area contributed by atoms with Gasteiger partial charge in [0, 0.05) is 22.6 Å². The highest BCUT2D eigenvalue weighted by Crippen LogP contribution is 2.34. The Labute approximate surface area is 136 Å². The summed E-state index contributed by atoms with van der Waals surface area (Å²) >= 11 is 15.4. The number of ether oxygens (including phenoxy) is 1. The molecule has 1 N–H and O–H groups in total. The standard InChI is InChI=1S/C14H14BrCl2NO2/c1-2-18-7-9-3-4-19-14(9)8-20-13-6-11(16)10(15)5-12(13)17/h3-6,18H,2,7-8H2,1H3. The van der Waals surface area contributed by atoms with Crippen LogP contribution in [-0.4, -0.2) is 6.54 Å². The third-order valence-electron chi connectivity index (χ3n) is 2.74. The molecular formula is C14H14BrCl2NO2. The normalized spacial score (nSPS) is 10.8. The fourth-order valence-corrected chi connectivity index (χ4v) is 2.52. The summed E-state index contributed by atoms with van der Waals surface area (Å²) in [5.41, 5.74) is 1.08. The third kappa shape index (κ3) is 3.92. The van der Waals surface area contributed by atoms with Crippen LogP contribution in [0, 0.1) is 0 Å². The Morgan fingerprint density at radius 1 is 1.30 bits per heavy atom. The molecule has 1 aromatic carbocycles. The second kappa shape index (κ2) is 7.36. The van der Waals surface area contributed by atoms with Gasteiger partial charge < -0.3 is 14.5 Å². The van der Waals surface area contributed by atoms with Crippen LogP contribution in [0.1, 0.15) is 18.2 Å². The zero-order chi connectivity index (χ0) is 14.5. The molecule has 0 radical (unpaired) electrons. The summed E-state index contributed by atoms with van der Waals surface area (Å²) in [6.07, 6.45) is 1.65. The lowest BCUT2D eigenvalue weighted by Crippen LogP contribution is -2.12. The van der Waals surface area contributed by atoms with Crippen LogP contribution in [0.4, 0.5) is 0 Å². The molecule has 0 fully saturated rings. The SMILES string of the molecule is CCNCc1ccoc1COc1cc(Cl)c(Br)cc1Cl. The van der Waals surface area contributed by atoms with Gasteiger partial charge in [0.1, 0.15) is 18.1 Å². The van der Waals surface area contributed by atoms with E-state index in [-0.39, 0.29) is 0 Å². The average Bonchev–Trinajstić information content (AvgIpc) is 2.86. The van der Waals surface area contributed by atoms with Crippen molar-refractivity contribution in [2.75, 3.05) is 6.54 Å². The van der Waals surface area contributed by atoms with E-state index in [0.717, 1.165) is 28.9 Å². The van der Waals surface area contributed by atoms with Gasteiger partial charge in [-0.3, -0.25) is 0 Å². The molecule has 2 aromatic rings. The summed E-state index contributed by atoms with van der Waals surface area (Å²) in [7, 11) is 0. The van der Waals surface area contributed by atoms with Crippen LogP contribution in [-0.2, 0) is 13.2 Å². The van der Waals surface area contributed by atoms with Gasteiger partial charge in [0.2, 0.25) is 0 Å². The summed E-state index contributed by atoms with van der Waals surface area (Å²) in [6, 6.07) is 5.32. The van der Waals surface area contributed by atoms with Gasteiger partial charge in [-0.15, -0.1) is 0 Å². The van der Waals surface area contributed by atoms with Gasteiger partial charge in [-0.05, 0) is 34.6 Å². The first-order valence-electron chi connectivity index (χ1n) is 6.15. The maximum absolute atomic E-state index is 6.11. The summed E-state index contributed by atoms with van der Waals surface area (Å²) < 4.78 is 11.8. The first kappa shape index (κ1) is 15.7. The Kier molecular flexibility index (Phi) is 5.78.